The maximum absolute atomic E-state index is 12.1. The summed E-state index contributed by atoms with van der Waals surface area (Å²) >= 11 is 13.3. The van der Waals surface area contributed by atoms with Crippen LogP contribution in [0.25, 0.3) is 0 Å². The van der Waals surface area contributed by atoms with Crippen LogP contribution in [0.5, 0.6) is 0 Å². The van der Waals surface area contributed by atoms with Crippen LogP contribution in [0.4, 0.5) is 5.69 Å². The van der Waals surface area contributed by atoms with E-state index in [2.05, 4.69) is 38.3 Å². The Labute approximate surface area is 146 Å². The zero-order valence-electron chi connectivity index (χ0n) is 11.3. The number of hydrogen-bond acceptors (Lipinski definition) is 3. The molecule has 1 heterocycles. The van der Waals surface area contributed by atoms with Crippen molar-refractivity contribution < 1.29 is 4.79 Å². The van der Waals surface area contributed by atoms with E-state index in [1.165, 1.54) is 10.9 Å². The molecule has 0 saturated carbocycles. The van der Waals surface area contributed by atoms with E-state index >= 15 is 0 Å². The molecule has 110 valence electrons. The number of amides is 1. The van der Waals surface area contributed by atoms with Gasteiger partial charge in [0.2, 0.25) is 0 Å². The van der Waals surface area contributed by atoms with Crippen molar-refractivity contribution in [1.29, 1.82) is 0 Å². The zero-order valence-corrected chi connectivity index (χ0v) is 15.0. The fourth-order valence-electron chi connectivity index (χ4n) is 1.75. The molecule has 0 aliphatic rings. The maximum Gasteiger partial charge on any atom is 0.277 e. The molecule has 1 aromatic carbocycles. The molecule has 1 aromatic heterocycles. The number of anilines is 1. The Morgan fingerprint density at radius 1 is 1.48 bits per heavy atom. The molecule has 2 N–H and O–H groups in total. The van der Waals surface area contributed by atoms with Gasteiger partial charge in [-0.25, -0.2) is 0 Å². The number of rotatable bonds is 2. The molecule has 0 bridgehead atoms. The number of thiocarbonyl (C=S) groups is 1. The lowest BCUT2D eigenvalue weighted by Gasteiger charge is -2.12. The molecule has 8 heteroatoms. The summed E-state index contributed by atoms with van der Waals surface area (Å²) in [6.45, 7) is 1.97. The lowest BCUT2D eigenvalue weighted by molar-refractivity contribution is 0.0968. The number of benzene rings is 1. The van der Waals surface area contributed by atoms with E-state index in [4.69, 9.17) is 23.8 Å². The van der Waals surface area contributed by atoms with Crippen molar-refractivity contribution in [3.63, 3.8) is 0 Å². The molecule has 2 rings (SSSR count). The van der Waals surface area contributed by atoms with Crippen LogP contribution in [0.15, 0.2) is 24.4 Å². The molecule has 0 aliphatic heterocycles. The third kappa shape index (κ3) is 3.92. The van der Waals surface area contributed by atoms with Crippen molar-refractivity contribution in [3.05, 3.63) is 44.2 Å². The number of carbonyl (C=O) groups excluding carboxylic acids is 1. The van der Waals surface area contributed by atoms with Crippen molar-refractivity contribution in [2.24, 2.45) is 7.05 Å². The average molecular weight is 435 g/mol. The maximum atomic E-state index is 12.1. The average Bonchev–Trinajstić information content (AvgIpc) is 2.72. The summed E-state index contributed by atoms with van der Waals surface area (Å²) in [5, 5.41) is 9.98. The highest BCUT2D eigenvalue weighted by Crippen LogP contribution is 2.18. The van der Waals surface area contributed by atoms with Crippen molar-refractivity contribution in [1.82, 2.24) is 15.1 Å². The van der Waals surface area contributed by atoms with Gasteiger partial charge in [-0.2, -0.15) is 5.10 Å². The van der Waals surface area contributed by atoms with E-state index < -0.39 is 5.91 Å². The predicted molar refractivity (Wildman–Crippen MR) is 95.8 cm³/mol. The van der Waals surface area contributed by atoms with Gasteiger partial charge in [0.1, 0.15) is 5.69 Å². The number of hydrogen-bond donors (Lipinski definition) is 2. The first-order chi connectivity index (χ1) is 9.88. The summed E-state index contributed by atoms with van der Waals surface area (Å²) in [7, 11) is 1.64. The summed E-state index contributed by atoms with van der Waals surface area (Å²) in [6.07, 6.45) is 1.41. The van der Waals surface area contributed by atoms with Gasteiger partial charge in [0.15, 0.2) is 5.11 Å². The van der Waals surface area contributed by atoms with Crippen molar-refractivity contribution in [2.45, 2.75) is 6.92 Å². The van der Waals surface area contributed by atoms with Gasteiger partial charge >= 0.3 is 0 Å². The molecule has 0 atom stereocenters. The van der Waals surface area contributed by atoms with Crippen molar-refractivity contribution >= 4 is 63.1 Å². The van der Waals surface area contributed by atoms with Gasteiger partial charge < -0.3 is 5.32 Å². The monoisotopic (exact) mass is 434 g/mol. The standard InChI is InChI=1S/C13H12ClIN4OS/c1-7-5-8(15)3-4-10(7)17-13(21)18-12(20)11-9(14)6-16-19(11)2/h3-6H,1-2H3,(H2,17,18,20,21). The number of carbonyl (C=O) groups is 1. The first kappa shape index (κ1) is 16.2. The van der Waals surface area contributed by atoms with Crippen LogP contribution in [-0.4, -0.2) is 20.8 Å². The second-order valence-electron chi connectivity index (χ2n) is 4.33. The second kappa shape index (κ2) is 6.71. The van der Waals surface area contributed by atoms with Crippen LogP contribution in [-0.2, 0) is 7.05 Å². The summed E-state index contributed by atoms with van der Waals surface area (Å²) in [5.74, 6) is -0.402. The third-order valence-electron chi connectivity index (χ3n) is 2.77. The lowest BCUT2D eigenvalue weighted by Crippen LogP contribution is -2.35. The smallest absolute Gasteiger partial charge is 0.277 e. The third-order valence-corrected chi connectivity index (χ3v) is 3.92. The number of aryl methyl sites for hydroxylation is 2. The normalized spacial score (nSPS) is 10.3. The largest absolute Gasteiger partial charge is 0.332 e. The Kier molecular flexibility index (Phi) is 5.17. The van der Waals surface area contributed by atoms with Crippen molar-refractivity contribution in [3.8, 4) is 0 Å². The van der Waals surface area contributed by atoms with Crippen LogP contribution in [0, 0.1) is 10.5 Å². The summed E-state index contributed by atoms with van der Waals surface area (Å²) in [5.41, 5.74) is 2.15. The first-order valence-electron chi connectivity index (χ1n) is 5.94. The molecule has 5 nitrogen and oxygen atoms in total. The Hall–Kier alpha value is -1.19. The van der Waals surface area contributed by atoms with Crippen molar-refractivity contribution in [2.75, 3.05) is 5.32 Å². The van der Waals surface area contributed by atoms with Gasteiger partial charge in [0, 0.05) is 16.3 Å². The quantitative estimate of drug-likeness (QED) is 0.563. The molecule has 0 unspecified atom stereocenters. The van der Waals surface area contributed by atoms with E-state index in [1.54, 1.807) is 7.05 Å². The molecule has 0 fully saturated rings. The minimum atomic E-state index is -0.402. The van der Waals surface area contributed by atoms with Gasteiger partial charge in [0.05, 0.1) is 11.2 Å². The highest BCUT2D eigenvalue weighted by atomic mass is 127. The Morgan fingerprint density at radius 2 is 2.19 bits per heavy atom. The predicted octanol–water partition coefficient (Wildman–Crippen LogP) is 3.11. The van der Waals surface area contributed by atoms with Gasteiger partial charge in [-0.3, -0.25) is 14.8 Å². The van der Waals surface area contributed by atoms with E-state index in [0.717, 1.165) is 14.8 Å². The van der Waals surface area contributed by atoms with Gasteiger partial charge in [-0.05, 0) is 65.5 Å². The highest BCUT2D eigenvalue weighted by Gasteiger charge is 2.16. The summed E-state index contributed by atoms with van der Waals surface area (Å²) < 4.78 is 2.53. The minimum absolute atomic E-state index is 0.210. The molecular formula is C13H12ClIN4OS. The summed E-state index contributed by atoms with van der Waals surface area (Å²) in [4.78, 5) is 12.1. The molecule has 0 radical (unpaired) electrons. The molecule has 1 amide bonds. The number of nitrogens with zero attached hydrogens (tertiary/aromatic N) is 2. The topological polar surface area (TPSA) is 58.9 Å². The lowest BCUT2D eigenvalue weighted by atomic mass is 10.2. The molecule has 21 heavy (non-hydrogen) atoms. The fourth-order valence-corrected chi connectivity index (χ4v) is 2.85. The van der Waals surface area contributed by atoms with Gasteiger partial charge in [-0.15, -0.1) is 0 Å². The van der Waals surface area contributed by atoms with Crippen LogP contribution in [0.3, 0.4) is 0 Å². The Bertz CT molecular complexity index is 697. The number of nitrogens with one attached hydrogen (secondary N) is 2. The van der Waals surface area contributed by atoms with E-state index in [9.17, 15) is 4.79 Å². The first-order valence-corrected chi connectivity index (χ1v) is 7.81. The second-order valence-corrected chi connectivity index (χ2v) is 6.39. The Balaban J connectivity index is 2.07. The van der Waals surface area contributed by atoms with Crippen LogP contribution < -0.4 is 10.6 Å². The van der Waals surface area contributed by atoms with Gasteiger partial charge in [-0.1, -0.05) is 11.6 Å². The SMILES string of the molecule is Cc1cc(I)ccc1NC(=S)NC(=O)c1c(Cl)cnn1C. The highest BCUT2D eigenvalue weighted by molar-refractivity contribution is 14.1. The van der Waals surface area contributed by atoms with E-state index in [-0.39, 0.29) is 15.8 Å². The van der Waals surface area contributed by atoms with E-state index in [0.29, 0.717) is 0 Å². The molecule has 0 spiro atoms. The van der Waals surface area contributed by atoms with Crippen LogP contribution in [0.1, 0.15) is 16.1 Å². The molecular weight excluding hydrogens is 423 g/mol. The zero-order chi connectivity index (χ0) is 15.6. The summed E-state index contributed by atoms with van der Waals surface area (Å²) in [6, 6.07) is 5.89. The van der Waals surface area contributed by atoms with E-state index in [1.807, 2.05) is 25.1 Å². The number of aromatic nitrogens is 2. The molecule has 0 saturated heterocycles. The molecule has 0 aliphatic carbocycles. The Morgan fingerprint density at radius 3 is 2.76 bits per heavy atom. The fraction of sp³-hybridized carbons (Fsp3) is 0.154. The van der Waals surface area contributed by atoms with Gasteiger partial charge in [0.25, 0.3) is 5.91 Å². The number of halogens is 2. The van der Waals surface area contributed by atoms with Crippen LogP contribution in [0.2, 0.25) is 5.02 Å². The minimum Gasteiger partial charge on any atom is -0.332 e. The van der Waals surface area contributed by atoms with Crippen LogP contribution >= 0.6 is 46.4 Å². The molecule has 2 aromatic rings.